The van der Waals surface area contributed by atoms with Gasteiger partial charge in [0.1, 0.15) is 0 Å². The number of hydrogen-bond donors (Lipinski definition) is 0. The Labute approximate surface area is 131 Å². The Hall–Kier alpha value is 1.33. The zero-order chi connectivity index (χ0) is 14.7. The molecule has 2 saturated heterocycles. The van der Waals surface area contributed by atoms with Gasteiger partial charge in [0.2, 0.25) is 0 Å². The van der Waals surface area contributed by atoms with Gasteiger partial charge < -0.3 is 0 Å². The van der Waals surface area contributed by atoms with Gasteiger partial charge in [-0.3, -0.25) is 0 Å². The van der Waals surface area contributed by atoms with Gasteiger partial charge in [0.05, 0.1) is 0 Å². The summed E-state index contributed by atoms with van der Waals surface area (Å²) < 4.78 is 6.56. The fourth-order valence-electron chi connectivity index (χ4n) is 4.31. The Kier molecular flexibility index (Phi) is 4.32. The van der Waals surface area contributed by atoms with Crippen molar-refractivity contribution in [2.45, 2.75) is 76.6 Å². The fraction of sp³-hybridized carbons (Fsp3) is 1.00. The molecule has 0 bridgehead atoms. The third kappa shape index (κ3) is 3.09. The van der Waals surface area contributed by atoms with Gasteiger partial charge in [-0.15, -0.1) is 0 Å². The molecule has 0 atom stereocenters. The predicted molar refractivity (Wildman–Crippen MR) is 101 cm³/mol. The van der Waals surface area contributed by atoms with Crippen LogP contribution in [0.4, 0.5) is 0 Å². The van der Waals surface area contributed by atoms with Gasteiger partial charge in [-0.1, -0.05) is 0 Å². The van der Waals surface area contributed by atoms with Crippen molar-refractivity contribution in [2.75, 3.05) is 0 Å². The third-order valence-corrected chi connectivity index (χ3v) is 51.6. The quantitative estimate of drug-likeness (QED) is 0.666. The second-order valence-corrected chi connectivity index (χ2v) is 37.4. The average Bonchev–Trinajstić information content (AvgIpc) is 2.55. The summed E-state index contributed by atoms with van der Waals surface area (Å²) in [5.74, 6) is 0. The number of hydrogen-bond acceptors (Lipinski definition) is 2. The molecule has 0 N–H and O–H groups in total. The Bertz CT molecular complexity index is 305. The van der Waals surface area contributed by atoms with Crippen molar-refractivity contribution in [3.63, 3.8) is 0 Å². The van der Waals surface area contributed by atoms with E-state index < -0.39 is 48.8 Å². The SMILES string of the molecule is C[Si]1(C)CC[Si](C)(C)[N]1[GeH2][N]1[Si](C)(C)CC[Si]1(C)C. The van der Waals surface area contributed by atoms with Gasteiger partial charge in [0.25, 0.3) is 0 Å². The van der Waals surface area contributed by atoms with E-state index in [4.69, 9.17) is 0 Å². The van der Waals surface area contributed by atoms with Crippen molar-refractivity contribution >= 4 is 48.8 Å². The maximum atomic E-state index is 3.28. The molecule has 2 nitrogen and oxygen atoms in total. The number of rotatable bonds is 2. The standard InChI is InChI=1S/C12H34GeN2Si4/c1-16(2)9-10-17(3,4)14(16)13-15-18(5,6)11-12-19(15,7)8/h9-13H2,1-8H3. The average molecular weight is 391 g/mol. The van der Waals surface area contributed by atoms with Crippen molar-refractivity contribution < 1.29 is 0 Å². The van der Waals surface area contributed by atoms with Crippen LogP contribution in [0, 0.1) is 0 Å². The van der Waals surface area contributed by atoms with Crippen LogP contribution in [-0.2, 0) is 0 Å². The van der Waals surface area contributed by atoms with Crippen LogP contribution >= 0.6 is 0 Å². The molecule has 0 unspecified atom stereocenters. The molecular weight excluding hydrogens is 357 g/mol. The van der Waals surface area contributed by atoms with E-state index in [0.29, 0.717) is 0 Å². The van der Waals surface area contributed by atoms with Gasteiger partial charge in [0.15, 0.2) is 0 Å². The van der Waals surface area contributed by atoms with Gasteiger partial charge in [0, 0.05) is 0 Å². The minimum atomic E-state index is -1.02. The second kappa shape index (κ2) is 4.92. The topological polar surface area (TPSA) is 6.48 Å². The molecule has 0 saturated carbocycles. The molecule has 2 heterocycles. The first-order valence-corrected chi connectivity index (χ1v) is 23.2. The van der Waals surface area contributed by atoms with E-state index in [0.717, 1.165) is 0 Å². The Morgan fingerprint density at radius 1 is 0.526 bits per heavy atom. The Morgan fingerprint density at radius 2 is 0.737 bits per heavy atom. The number of nitrogens with zero attached hydrogens (tertiary/aromatic N) is 2. The zero-order valence-electron chi connectivity index (χ0n) is 14.4. The molecule has 112 valence electrons. The molecule has 0 aromatic carbocycles. The summed E-state index contributed by atoms with van der Waals surface area (Å²) in [4.78, 5) is 0. The van der Waals surface area contributed by atoms with E-state index in [1.165, 1.54) is 0 Å². The molecule has 2 aliphatic heterocycles. The normalized spacial score (nSPS) is 32.8. The monoisotopic (exact) mass is 392 g/mol. The second-order valence-electron chi connectivity index (χ2n) is 9.25. The molecule has 0 aromatic heterocycles. The summed E-state index contributed by atoms with van der Waals surface area (Å²) in [5.41, 5.74) is 0. The van der Waals surface area contributed by atoms with Crippen LogP contribution in [0.1, 0.15) is 0 Å². The van der Waals surface area contributed by atoms with Crippen LogP contribution in [-0.4, -0.2) is 55.2 Å². The predicted octanol–water partition coefficient (Wildman–Crippen LogP) is 3.44. The molecule has 2 aliphatic rings. The van der Waals surface area contributed by atoms with Crippen LogP contribution in [0.15, 0.2) is 0 Å². The summed E-state index contributed by atoms with van der Waals surface area (Å²) in [7, 11) is -4.07. The molecule has 0 spiro atoms. The maximum absolute atomic E-state index is 3.28. The summed E-state index contributed by atoms with van der Waals surface area (Å²) in [6.07, 6.45) is 0. The van der Waals surface area contributed by atoms with Crippen LogP contribution < -0.4 is 0 Å². The van der Waals surface area contributed by atoms with E-state index in [2.05, 4.69) is 58.8 Å². The van der Waals surface area contributed by atoms with Crippen LogP contribution in [0.3, 0.4) is 0 Å². The first kappa shape index (κ1) is 16.7. The Morgan fingerprint density at radius 3 is 0.947 bits per heavy atom. The van der Waals surface area contributed by atoms with Crippen molar-refractivity contribution in [1.29, 1.82) is 0 Å². The van der Waals surface area contributed by atoms with Crippen LogP contribution in [0.2, 0.25) is 76.6 Å². The van der Waals surface area contributed by atoms with Gasteiger partial charge >= 0.3 is 132 Å². The van der Waals surface area contributed by atoms with E-state index >= 15 is 0 Å². The molecule has 0 amide bonds. The van der Waals surface area contributed by atoms with Crippen molar-refractivity contribution in [3.8, 4) is 0 Å². The first-order chi connectivity index (χ1) is 8.39. The first-order valence-electron chi connectivity index (χ1n) is 7.94. The molecule has 7 heteroatoms. The molecule has 2 rings (SSSR count). The third-order valence-electron chi connectivity index (χ3n) is 5.90. The molecular formula is C12H34GeN2Si4. The van der Waals surface area contributed by atoms with Gasteiger partial charge in [-0.25, -0.2) is 0 Å². The molecule has 2 fully saturated rings. The summed E-state index contributed by atoms with van der Waals surface area (Å²) >= 11 is -0.663. The summed E-state index contributed by atoms with van der Waals surface area (Å²) in [6.45, 7) is 21.3. The van der Waals surface area contributed by atoms with E-state index in [-0.39, 0.29) is 0 Å². The van der Waals surface area contributed by atoms with Crippen molar-refractivity contribution in [1.82, 2.24) is 6.38 Å². The van der Waals surface area contributed by atoms with Crippen LogP contribution in [0.5, 0.6) is 0 Å². The molecule has 19 heavy (non-hydrogen) atoms. The van der Waals surface area contributed by atoms with E-state index in [9.17, 15) is 0 Å². The molecule has 0 aromatic rings. The molecule has 0 aliphatic carbocycles. The Balaban J connectivity index is 2.24. The molecule has 0 radical (unpaired) electrons. The van der Waals surface area contributed by atoms with Crippen LogP contribution in [0.25, 0.3) is 0 Å². The zero-order valence-corrected chi connectivity index (χ0v) is 21.4. The summed E-state index contributed by atoms with van der Waals surface area (Å²) in [5, 5.41) is 0. The van der Waals surface area contributed by atoms with E-state index in [1.807, 2.05) is 0 Å². The van der Waals surface area contributed by atoms with Crippen molar-refractivity contribution in [3.05, 3.63) is 0 Å². The van der Waals surface area contributed by atoms with Gasteiger partial charge in [-0.2, -0.15) is 0 Å². The van der Waals surface area contributed by atoms with Gasteiger partial charge in [-0.05, 0) is 0 Å². The summed E-state index contributed by atoms with van der Waals surface area (Å²) in [6, 6.07) is 6.37. The fourth-order valence-corrected chi connectivity index (χ4v) is 51.3. The van der Waals surface area contributed by atoms with Crippen molar-refractivity contribution in [2.24, 2.45) is 0 Å². The van der Waals surface area contributed by atoms with E-state index in [1.54, 1.807) is 24.2 Å². The minimum absolute atomic E-state index is 0.663.